The normalized spacial score (nSPS) is 28.4. The van der Waals surface area contributed by atoms with Crippen molar-refractivity contribution in [1.82, 2.24) is 4.90 Å². The summed E-state index contributed by atoms with van der Waals surface area (Å²) in [6.45, 7) is 10.2. The van der Waals surface area contributed by atoms with E-state index in [1.807, 2.05) is 0 Å². The molecule has 1 aliphatic rings. The molecule has 0 aromatic carbocycles. The summed E-state index contributed by atoms with van der Waals surface area (Å²) in [5.74, 6) is 0.910. The smallest absolute Gasteiger partial charge is 0.00998 e. The third-order valence-corrected chi connectivity index (χ3v) is 4.44. The van der Waals surface area contributed by atoms with Gasteiger partial charge in [0.25, 0.3) is 0 Å². The van der Waals surface area contributed by atoms with Gasteiger partial charge in [-0.3, -0.25) is 0 Å². The largest absolute Gasteiger partial charge is 0.327 e. The number of nitrogens with zero attached hydrogens (tertiary/aromatic N) is 1. The highest BCUT2D eigenvalue weighted by Crippen LogP contribution is 2.27. The van der Waals surface area contributed by atoms with Gasteiger partial charge < -0.3 is 10.6 Å². The van der Waals surface area contributed by atoms with Crippen LogP contribution >= 0.6 is 0 Å². The van der Waals surface area contributed by atoms with Crippen LogP contribution in [0, 0.1) is 11.3 Å². The molecule has 1 rings (SSSR count). The summed E-state index contributed by atoms with van der Waals surface area (Å²) in [5, 5.41) is 0. The Morgan fingerprint density at radius 3 is 2.47 bits per heavy atom. The van der Waals surface area contributed by atoms with Crippen LogP contribution in [0.5, 0.6) is 0 Å². The molecule has 17 heavy (non-hydrogen) atoms. The molecule has 1 saturated carbocycles. The average Bonchev–Trinajstić information content (AvgIpc) is 2.24. The summed E-state index contributed by atoms with van der Waals surface area (Å²) >= 11 is 0. The van der Waals surface area contributed by atoms with Gasteiger partial charge in [0, 0.05) is 12.1 Å². The van der Waals surface area contributed by atoms with Crippen molar-refractivity contribution in [3.05, 3.63) is 0 Å². The molecule has 1 aliphatic carbocycles. The van der Waals surface area contributed by atoms with Gasteiger partial charge in [-0.05, 0) is 44.2 Å². The Balaban J connectivity index is 2.31. The van der Waals surface area contributed by atoms with Crippen molar-refractivity contribution in [3.8, 4) is 0 Å². The van der Waals surface area contributed by atoms with E-state index < -0.39 is 0 Å². The topological polar surface area (TPSA) is 29.3 Å². The van der Waals surface area contributed by atoms with Gasteiger partial charge in [0.1, 0.15) is 0 Å². The lowest BCUT2D eigenvalue weighted by Gasteiger charge is -2.36. The molecule has 0 amide bonds. The van der Waals surface area contributed by atoms with E-state index in [4.69, 9.17) is 5.73 Å². The van der Waals surface area contributed by atoms with Gasteiger partial charge in [0.15, 0.2) is 0 Å². The van der Waals surface area contributed by atoms with Gasteiger partial charge in [-0.15, -0.1) is 0 Å². The van der Waals surface area contributed by atoms with Crippen molar-refractivity contribution in [2.45, 2.75) is 71.9 Å². The molecule has 2 heteroatoms. The molecule has 102 valence electrons. The number of rotatable bonds is 4. The Bertz CT molecular complexity index is 219. The third-order valence-electron chi connectivity index (χ3n) is 4.44. The Morgan fingerprint density at radius 2 is 1.94 bits per heavy atom. The predicted molar refractivity (Wildman–Crippen MR) is 76.1 cm³/mol. The van der Waals surface area contributed by atoms with Crippen LogP contribution in [0.25, 0.3) is 0 Å². The van der Waals surface area contributed by atoms with E-state index in [0.717, 1.165) is 24.9 Å². The SMILES string of the molecule is CC1CCCC(N(C)CCC(N)C(C)(C)C)C1. The average molecular weight is 240 g/mol. The van der Waals surface area contributed by atoms with Crippen molar-refractivity contribution >= 4 is 0 Å². The van der Waals surface area contributed by atoms with Crippen LogP contribution in [0.2, 0.25) is 0 Å². The van der Waals surface area contributed by atoms with Gasteiger partial charge in [0.2, 0.25) is 0 Å². The summed E-state index contributed by atoms with van der Waals surface area (Å²) in [6, 6.07) is 1.11. The minimum Gasteiger partial charge on any atom is -0.327 e. The monoisotopic (exact) mass is 240 g/mol. The Labute approximate surface area is 108 Å². The molecule has 2 nitrogen and oxygen atoms in total. The first-order valence-electron chi connectivity index (χ1n) is 7.26. The summed E-state index contributed by atoms with van der Waals surface area (Å²) < 4.78 is 0. The third kappa shape index (κ3) is 4.97. The summed E-state index contributed by atoms with van der Waals surface area (Å²) in [7, 11) is 2.28. The maximum atomic E-state index is 6.23. The van der Waals surface area contributed by atoms with E-state index in [1.165, 1.54) is 25.7 Å². The predicted octanol–water partition coefficient (Wildman–Crippen LogP) is 3.26. The minimum atomic E-state index is 0.237. The molecule has 3 unspecified atom stereocenters. The zero-order chi connectivity index (χ0) is 13.1. The molecule has 1 fully saturated rings. The first kappa shape index (κ1) is 15.0. The Hall–Kier alpha value is -0.0800. The van der Waals surface area contributed by atoms with Gasteiger partial charge in [0.05, 0.1) is 0 Å². The van der Waals surface area contributed by atoms with Crippen LogP contribution < -0.4 is 5.73 Å². The Morgan fingerprint density at radius 1 is 1.29 bits per heavy atom. The minimum absolute atomic E-state index is 0.237. The molecular formula is C15H32N2. The molecule has 0 aromatic heterocycles. The van der Waals surface area contributed by atoms with Gasteiger partial charge in [-0.2, -0.15) is 0 Å². The molecule has 0 spiro atoms. The van der Waals surface area contributed by atoms with E-state index in [-0.39, 0.29) is 5.41 Å². The Kier molecular flexibility index (Phi) is 5.46. The lowest BCUT2D eigenvalue weighted by Crippen LogP contribution is -2.41. The lowest BCUT2D eigenvalue weighted by molar-refractivity contribution is 0.151. The quantitative estimate of drug-likeness (QED) is 0.817. The zero-order valence-electron chi connectivity index (χ0n) is 12.5. The van der Waals surface area contributed by atoms with E-state index in [0.29, 0.717) is 6.04 Å². The fourth-order valence-electron chi connectivity index (χ4n) is 2.76. The van der Waals surface area contributed by atoms with Crippen molar-refractivity contribution in [2.75, 3.05) is 13.6 Å². The highest BCUT2D eigenvalue weighted by atomic mass is 15.1. The standard InChI is InChI=1S/C15H32N2/c1-12-7-6-8-13(11-12)17(5)10-9-14(16)15(2,3)4/h12-14H,6-11,16H2,1-5H3. The van der Waals surface area contributed by atoms with Crippen molar-refractivity contribution in [1.29, 1.82) is 0 Å². The summed E-state index contributed by atoms with van der Waals surface area (Å²) in [4.78, 5) is 2.54. The second-order valence-electron chi connectivity index (χ2n) is 7.17. The van der Waals surface area contributed by atoms with E-state index in [9.17, 15) is 0 Å². The van der Waals surface area contributed by atoms with E-state index in [2.05, 4.69) is 39.6 Å². The highest BCUT2D eigenvalue weighted by molar-refractivity contribution is 4.81. The fraction of sp³-hybridized carbons (Fsp3) is 1.00. The lowest BCUT2D eigenvalue weighted by atomic mass is 9.84. The molecule has 2 N–H and O–H groups in total. The van der Waals surface area contributed by atoms with E-state index >= 15 is 0 Å². The highest BCUT2D eigenvalue weighted by Gasteiger charge is 2.24. The molecular weight excluding hydrogens is 208 g/mol. The van der Waals surface area contributed by atoms with Gasteiger partial charge >= 0.3 is 0 Å². The van der Waals surface area contributed by atoms with Crippen molar-refractivity contribution < 1.29 is 0 Å². The molecule has 3 atom stereocenters. The van der Waals surface area contributed by atoms with Crippen molar-refractivity contribution in [2.24, 2.45) is 17.1 Å². The molecule has 0 saturated heterocycles. The zero-order valence-corrected chi connectivity index (χ0v) is 12.5. The molecule has 0 heterocycles. The first-order chi connectivity index (χ1) is 7.80. The van der Waals surface area contributed by atoms with Crippen LogP contribution in [0.1, 0.15) is 59.8 Å². The molecule has 0 aromatic rings. The van der Waals surface area contributed by atoms with Crippen LogP contribution in [0.4, 0.5) is 0 Å². The van der Waals surface area contributed by atoms with Gasteiger partial charge in [-0.25, -0.2) is 0 Å². The first-order valence-corrected chi connectivity index (χ1v) is 7.26. The summed E-state index contributed by atoms with van der Waals surface area (Å²) in [6.07, 6.45) is 6.70. The van der Waals surface area contributed by atoms with Crippen LogP contribution in [-0.4, -0.2) is 30.6 Å². The molecule has 0 aliphatic heterocycles. The maximum absolute atomic E-state index is 6.23. The van der Waals surface area contributed by atoms with Crippen molar-refractivity contribution in [3.63, 3.8) is 0 Å². The van der Waals surface area contributed by atoms with E-state index in [1.54, 1.807) is 0 Å². The second-order valence-corrected chi connectivity index (χ2v) is 7.17. The number of hydrogen-bond acceptors (Lipinski definition) is 2. The number of nitrogens with two attached hydrogens (primary N) is 1. The van der Waals surface area contributed by atoms with Gasteiger partial charge in [-0.1, -0.05) is 40.5 Å². The fourth-order valence-corrected chi connectivity index (χ4v) is 2.76. The molecule has 0 radical (unpaired) electrons. The van der Waals surface area contributed by atoms with Crippen LogP contribution in [-0.2, 0) is 0 Å². The van der Waals surface area contributed by atoms with Crippen LogP contribution in [0.3, 0.4) is 0 Å². The summed E-state index contributed by atoms with van der Waals surface area (Å²) in [5.41, 5.74) is 6.47. The maximum Gasteiger partial charge on any atom is 0.00998 e. The second kappa shape index (κ2) is 6.19. The molecule has 0 bridgehead atoms. The van der Waals surface area contributed by atoms with Crippen LogP contribution in [0.15, 0.2) is 0 Å². The number of hydrogen-bond donors (Lipinski definition) is 1.